The van der Waals surface area contributed by atoms with Crippen LogP contribution in [0.4, 0.5) is 5.69 Å². The molecule has 218 valence electrons. The number of rotatable bonds is 4. The van der Waals surface area contributed by atoms with Crippen molar-refractivity contribution in [2.45, 2.75) is 24.2 Å². The minimum absolute atomic E-state index is 0.0884. The van der Waals surface area contributed by atoms with E-state index in [2.05, 4.69) is 0 Å². The minimum Gasteiger partial charge on any atom is -0.508 e. The highest BCUT2D eigenvalue weighted by atomic mass is 35.5. The van der Waals surface area contributed by atoms with Gasteiger partial charge in [-0.1, -0.05) is 65.7 Å². The number of phenolic OH excluding ortho intramolecular Hbond substituents is 1. The molecule has 3 fully saturated rings. The summed E-state index contributed by atoms with van der Waals surface area (Å²) < 4.78 is 5.78. The monoisotopic (exact) mass is 596 g/mol. The largest absolute Gasteiger partial charge is 0.508 e. The molecule has 1 saturated carbocycles. The molecule has 6 unspecified atom stereocenters. The van der Waals surface area contributed by atoms with Gasteiger partial charge < -0.3 is 9.84 Å². The summed E-state index contributed by atoms with van der Waals surface area (Å²) in [4.78, 5) is 58.8. The molecule has 6 atom stereocenters. The Hall–Kier alpha value is -4.43. The first-order valence-corrected chi connectivity index (χ1v) is 14.7. The molecule has 2 saturated heterocycles. The van der Waals surface area contributed by atoms with E-state index in [1.807, 2.05) is 36.4 Å². The summed E-state index contributed by atoms with van der Waals surface area (Å²) in [6.45, 7) is 0. The number of amides is 4. The minimum atomic E-state index is -1.49. The topological polar surface area (TPSA) is 104 Å². The summed E-state index contributed by atoms with van der Waals surface area (Å²) in [6, 6.07) is 20.7. The average Bonchev–Trinajstić information content (AvgIpc) is 3.38. The number of nitrogens with zero attached hydrogens (tertiary/aromatic N) is 2. The van der Waals surface area contributed by atoms with Gasteiger partial charge in [0, 0.05) is 23.6 Å². The van der Waals surface area contributed by atoms with Crippen molar-refractivity contribution in [3.63, 3.8) is 0 Å². The molecule has 2 heterocycles. The summed E-state index contributed by atoms with van der Waals surface area (Å²) in [5.41, 5.74) is 0.598. The van der Waals surface area contributed by atoms with Crippen molar-refractivity contribution < 1.29 is 29.0 Å². The number of carbonyl (C=O) groups is 4. The van der Waals surface area contributed by atoms with Crippen LogP contribution in [0.25, 0.3) is 0 Å². The lowest BCUT2D eigenvalue weighted by atomic mass is 9.49. The van der Waals surface area contributed by atoms with Crippen LogP contribution >= 0.6 is 11.6 Å². The first kappa shape index (κ1) is 27.4. The van der Waals surface area contributed by atoms with Gasteiger partial charge >= 0.3 is 0 Å². The maximum atomic E-state index is 15.1. The lowest BCUT2D eigenvalue weighted by molar-refractivity contribution is -0.138. The van der Waals surface area contributed by atoms with Crippen molar-refractivity contribution in [1.29, 1.82) is 0 Å². The summed E-state index contributed by atoms with van der Waals surface area (Å²) in [6.07, 6.45) is 2.45. The summed E-state index contributed by atoms with van der Waals surface area (Å²) in [5, 5.41) is 11.9. The first-order valence-electron chi connectivity index (χ1n) is 14.3. The fraction of sp³-hybridized carbons (Fsp3) is 0.294. The maximum absolute atomic E-state index is 15.1. The molecule has 0 radical (unpaired) electrons. The first-order chi connectivity index (χ1) is 20.7. The van der Waals surface area contributed by atoms with E-state index in [-0.39, 0.29) is 24.0 Å². The standard InChI is InChI=1S/C34H29ClN2O6/c1-36-30(39)22-15-14-21-23(27(22)32(36)41)17-24-31(40)37(20-11-6-10-19(35)16-20)33(42)34(24,18-8-4-3-5-9-18)29(21)28-25(38)12-7-13-26(28)43-2/h3-14,16,22-24,27,29,38H,15,17H2,1-2H3. The molecule has 4 aliphatic rings. The number of fused-ring (bicyclic) bond motifs is 4. The number of halogens is 1. The number of carbonyl (C=O) groups excluding carboxylic acids is 4. The number of hydrogen-bond acceptors (Lipinski definition) is 6. The van der Waals surface area contributed by atoms with E-state index in [1.165, 1.54) is 30.0 Å². The number of hydrogen-bond donors (Lipinski definition) is 1. The molecule has 0 aromatic heterocycles. The van der Waals surface area contributed by atoms with Crippen LogP contribution in [0.3, 0.4) is 0 Å². The van der Waals surface area contributed by atoms with Gasteiger partial charge in [0.25, 0.3) is 0 Å². The third-order valence-corrected chi connectivity index (χ3v) is 10.2. The molecule has 0 spiro atoms. The number of methoxy groups -OCH3 is 1. The Morgan fingerprint density at radius 1 is 0.907 bits per heavy atom. The number of anilines is 1. The van der Waals surface area contributed by atoms with E-state index in [0.29, 0.717) is 34.0 Å². The highest BCUT2D eigenvalue weighted by Crippen LogP contribution is 2.66. The number of allylic oxidation sites excluding steroid dienone is 2. The molecule has 3 aromatic carbocycles. The van der Waals surface area contributed by atoms with Crippen LogP contribution < -0.4 is 9.64 Å². The van der Waals surface area contributed by atoms with Crippen molar-refractivity contribution in [3.8, 4) is 11.5 Å². The van der Waals surface area contributed by atoms with Gasteiger partial charge in [-0.25, -0.2) is 4.90 Å². The van der Waals surface area contributed by atoms with Crippen molar-refractivity contribution in [2.75, 3.05) is 19.1 Å². The summed E-state index contributed by atoms with van der Waals surface area (Å²) in [5.74, 6) is -4.62. The predicted molar refractivity (Wildman–Crippen MR) is 159 cm³/mol. The van der Waals surface area contributed by atoms with Gasteiger partial charge in [0.15, 0.2) is 0 Å². The molecule has 4 amide bonds. The van der Waals surface area contributed by atoms with Crippen LogP contribution in [0.2, 0.25) is 5.02 Å². The van der Waals surface area contributed by atoms with Crippen molar-refractivity contribution in [2.24, 2.45) is 23.7 Å². The number of aromatic hydroxyl groups is 1. The molecule has 7 rings (SSSR count). The van der Waals surface area contributed by atoms with Crippen molar-refractivity contribution in [3.05, 3.63) is 101 Å². The van der Waals surface area contributed by atoms with Crippen LogP contribution in [0.1, 0.15) is 29.9 Å². The quantitative estimate of drug-likeness (QED) is 0.341. The third kappa shape index (κ3) is 3.62. The van der Waals surface area contributed by atoms with Gasteiger partial charge in [0.05, 0.1) is 36.0 Å². The van der Waals surface area contributed by atoms with Crippen molar-refractivity contribution in [1.82, 2.24) is 4.90 Å². The lowest BCUT2D eigenvalue weighted by Gasteiger charge is -2.51. The van der Waals surface area contributed by atoms with Gasteiger partial charge in [-0.05, 0) is 54.7 Å². The molecule has 3 aromatic rings. The SMILES string of the molecule is COc1cccc(O)c1C1C2=CCC3C(=O)N(C)C(=O)C3C2CC2C(=O)N(c3cccc(Cl)c3)C(=O)C21c1ccccc1. The summed E-state index contributed by atoms with van der Waals surface area (Å²) >= 11 is 6.33. The van der Waals surface area contributed by atoms with Gasteiger partial charge in [-0.15, -0.1) is 0 Å². The van der Waals surface area contributed by atoms with E-state index >= 15 is 4.79 Å². The Morgan fingerprint density at radius 2 is 1.65 bits per heavy atom. The number of benzene rings is 3. The van der Waals surface area contributed by atoms with E-state index in [0.717, 1.165) is 5.57 Å². The lowest BCUT2D eigenvalue weighted by Crippen LogP contribution is -2.53. The Labute approximate surface area is 253 Å². The molecule has 2 aliphatic heterocycles. The van der Waals surface area contributed by atoms with Crippen LogP contribution in [0.5, 0.6) is 11.5 Å². The number of phenols is 1. The van der Waals surface area contributed by atoms with Crippen molar-refractivity contribution >= 4 is 40.9 Å². The fourth-order valence-electron chi connectivity index (χ4n) is 8.22. The molecule has 43 heavy (non-hydrogen) atoms. The zero-order valence-electron chi connectivity index (χ0n) is 23.6. The highest BCUT2D eigenvalue weighted by Gasteiger charge is 2.70. The number of ether oxygens (including phenoxy) is 1. The molecule has 2 aliphatic carbocycles. The van der Waals surface area contributed by atoms with Crippen LogP contribution in [-0.4, -0.2) is 47.8 Å². The van der Waals surface area contributed by atoms with E-state index in [9.17, 15) is 19.5 Å². The smallest absolute Gasteiger partial charge is 0.246 e. The Kier molecular flexibility index (Phi) is 6.25. The Bertz CT molecular complexity index is 1740. The predicted octanol–water partition coefficient (Wildman–Crippen LogP) is 4.85. The van der Waals surface area contributed by atoms with Gasteiger partial charge in [-0.3, -0.25) is 24.1 Å². The van der Waals surface area contributed by atoms with Gasteiger partial charge in [0.1, 0.15) is 11.5 Å². The third-order valence-electron chi connectivity index (χ3n) is 9.94. The van der Waals surface area contributed by atoms with E-state index < -0.39 is 46.8 Å². The zero-order chi connectivity index (χ0) is 30.2. The van der Waals surface area contributed by atoms with Crippen LogP contribution in [-0.2, 0) is 24.6 Å². The number of likely N-dealkylation sites (tertiary alicyclic amines) is 1. The highest BCUT2D eigenvalue weighted by molar-refractivity contribution is 6.32. The number of imide groups is 2. The van der Waals surface area contributed by atoms with Gasteiger partial charge in [-0.2, -0.15) is 0 Å². The van der Waals surface area contributed by atoms with Gasteiger partial charge in [0.2, 0.25) is 23.6 Å². The maximum Gasteiger partial charge on any atom is 0.246 e. The average molecular weight is 597 g/mol. The van der Waals surface area contributed by atoms with E-state index in [4.69, 9.17) is 16.3 Å². The Balaban J connectivity index is 1.55. The molecular formula is C34H29ClN2O6. The molecule has 8 nitrogen and oxygen atoms in total. The fourth-order valence-corrected chi connectivity index (χ4v) is 8.40. The van der Waals surface area contributed by atoms with Crippen LogP contribution in [0, 0.1) is 23.7 Å². The van der Waals surface area contributed by atoms with Crippen LogP contribution in [0.15, 0.2) is 84.4 Å². The molecule has 1 N–H and O–H groups in total. The van der Waals surface area contributed by atoms with E-state index in [1.54, 1.807) is 36.4 Å². The summed E-state index contributed by atoms with van der Waals surface area (Å²) in [7, 11) is 2.99. The molecule has 9 heteroatoms. The molecular weight excluding hydrogens is 568 g/mol. The zero-order valence-corrected chi connectivity index (χ0v) is 24.3. The molecule has 0 bridgehead atoms. The second-order valence-electron chi connectivity index (χ2n) is 11.7. The second-order valence-corrected chi connectivity index (χ2v) is 12.2. The Morgan fingerprint density at radius 3 is 2.37 bits per heavy atom. The second kappa shape index (κ2) is 9.81. The normalized spacial score (nSPS) is 29.7.